The summed E-state index contributed by atoms with van der Waals surface area (Å²) in [6.07, 6.45) is -4.01. The number of nitrogens with one attached hydrogen (secondary N) is 1. The fourth-order valence-electron chi connectivity index (χ4n) is 2.68. The van der Waals surface area contributed by atoms with Crippen LogP contribution in [0, 0.1) is 11.3 Å². The number of aromatic nitrogens is 2. The molecule has 1 aromatic heterocycles. The summed E-state index contributed by atoms with van der Waals surface area (Å²) in [6, 6.07) is 7.27. The van der Waals surface area contributed by atoms with Gasteiger partial charge in [-0.3, -0.25) is 10.2 Å². The van der Waals surface area contributed by atoms with Gasteiger partial charge in [-0.25, -0.2) is 18.1 Å². The fraction of sp³-hybridized carbons (Fsp3) is 0.167. The van der Waals surface area contributed by atoms with Crippen molar-refractivity contribution in [3.05, 3.63) is 57.6 Å². The molecule has 0 atom stereocenters. The van der Waals surface area contributed by atoms with Gasteiger partial charge in [0.25, 0.3) is 5.56 Å². The molecule has 3 aromatic rings. The first-order valence-corrected chi connectivity index (χ1v) is 10.5. The zero-order valence-corrected chi connectivity index (χ0v) is 17.1. The van der Waals surface area contributed by atoms with E-state index in [1.807, 2.05) is 6.07 Å². The monoisotopic (exact) mass is 472 g/mol. The van der Waals surface area contributed by atoms with Crippen LogP contribution in [0.25, 0.3) is 10.9 Å². The smallest absolute Gasteiger partial charge is 0.406 e. The molecule has 8 nitrogen and oxygen atoms in total. The highest BCUT2D eigenvalue weighted by Gasteiger charge is 2.31. The highest BCUT2D eigenvalue weighted by Crippen LogP contribution is 2.30. The minimum Gasteiger partial charge on any atom is -0.406 e. The molecule has 0 bridgehead atoms. The van der Waals surface area contributed by atoms with Crippen molar-refractivity contribution in [3.8, 4) is 11.8 Å². The number of hydrogen-bond acceptors (Lipinski definition) is 7. The normalized spacial score (nSPS) is 11.9. The maximum absolute atomic E-state index is 12.8. The van der Waals surface area contributed by atoms with E-state index in [0.717, 1.165) is 23.1 Å². The van der Waals surface area contributed by atoms with Crippen molar-refractivity contribution in [2.75, 3.05) is 11.2 Å². The van der Waals surface area contributed by atoms with E-state index in [2.05, 4.69) is 15.1 Å². The number of sulfone groups is 1. The molecular weight excluding hydrogens is 461 g/mol. The third-order valence-corrected chi connectivity index (χ3v) is 6.16. The summed E-state index contributed by atoms with van der Waals surface area (Å²) in [5.74, 6) is -0.964. The molecule has 3 rings (SSSR count). The molecule has 31 heavy (non-hydrogen) atoms. The average molecular weight is 473 g/mol. The van der Waals surface area contributed by atoms with Crippen molar-refractivity contribution in [2.45, 2.75) is 18.2 Å². The molecule has 162 valence electrons. The average Bonchev–Trinajstić information content (AvgIpc) is 2.69. The van der Waals surface area contributed by atoms with Crippen LogP contribution in [-0.4, -0.2) is 30.2 Å². The van der Waals surface area contributed by atoms with Crippen LogP contribution in [0.4, 0.5) is 18.9 Å². The van der Waals surface area contributed by atoms with Crippen molar-refractivity contribution >= 4 is 38.0 Å². The van der Waals surface area contributed by atoms with Crippen molar-refractivity contribution in [2.24, 2.45) is 0 Å². The quantitative estimate of drug-likeness (QED) is 0.604. The molecule has 0 aliphatic carbocycles. The summed E-state index contributed by atoms with van der Waals surface area (Å²) in [6.45, 7) is 1.42. The largest absolute Gasteiger partial charge is 0.573 e. The Hall–Kier alpha value is -3.30. The van der Waals surface area contributed by atoms with Crippen LogP contribution < -0.4 is 15.7 Å². The van der Waals surface area contributed by atoms with Gasteiger partial charge in [0.2, 0.25) is 0 Å². The molecule has 2 aromatic carbocycles. The zero-order valence-electron chi connectivity index (χ0n) is 15.6. The Morgan fingerprint density at radius 1 is 1.29 bits per heavy atom. The molecule has 1 heterocycles. The topological polar surface area (TPSA) is 114 Å². The summed E-state index contributed by atoms with van der Waals surface area (Å²) < 4.78 is 66.9. The predicted octanol–water partition coefficient (Wildman–Crippen LogP) is 3.49. The van der Waals surface area contributed by atoms with E-state index >= 15 is 0 Å². The van der Waals surface area contributed by atoms with Gasteiger partial charge in [0.05, 0.1) is 43.9 Å². The van der Waals surface area contributed by atoms with Gasteiger partial charge in [0, 0.05) is 6.07 Å². The summed E-state index contributed by atoms with van der Waals surface area (Å²) in [5.41, 5.74) is 1.62. The zero-order chi connectivity index (χ0) is 23.0. The Morgan fingerprint density at radius 2 is 2.00 bits per heavy atom. The molecule has 0 saturated carbocycles. The Labute approximate surface area is 178 Å². The number of nitrogens with zero attached hydrogens (tertiary/aromatic N) is 3. The van der Waals surface area contributed by atoms with Crippen LogP contribution in [0.1, 0.15) is 12.5 Å². The second kappa shape index (κ2) is 8.09. The third kappa shape index (κ3) is 4.73. The lowest BCUT2D eigenvalue weighted by molar-refractivity contribution is -0.274. The number of fused-ring (bicyclic) bond motifs is 1. The van der Waals surface area contributed by atoms with Crippen molar-refractivity contribution in [1.29, 1.82) is 5.26 Å². The minimum atomic E-state index is -5.00. The third-order valence-electron chi connectivity index (χ3n) is 4.09. The first-order valence-electron chi connectivity index (χ1n) is 8.46. The summed E-state index contributed by atoms with van der Waals surface area (Å²) >= 11 is 5.93. The molecule has 0 aliphatic rings. The van der Waals surface area contributed by atoms with Crippen LogP contribution in [-0.2, 0) is 9.84 Å². The number of halogens is 4. The Bertz CT molecular complexity index is 1380. The lowest BCUT2D eigenvalue weighted by Gasteiger charge is -2.15. The van der Waals surface area contributed by atoms with Crippen molar-refractivity contribution in [3.63, 3.8) is 0 Å². The lowest BCUT2D eigenvalue weighted by Crippen LogP contribution is -2.27. The van der Waals surface area contributed by atoms with E-state index in [-0.39, 0.29) is 37.8 Å². The van der Waals surface area contributed by atoms with Crippen LogP contribution in [0.3, 0.4) is 0 Å². The highest BCUT2D eigenvalue weighted by atomic mass is 35.5. The van der Waals surface area contributed by atoms with Crippen LogP contribution in [0.5, 0.6) is 5.75 Å². The number of nitriles is 1. The molecule has 0 fully saturated rings. The van der Waals surface area contributed by atoms with Crippen molar-refractivity contribution in [1.82, 2.24) is 9.66 Å². The van der Waals surface area contributed by atoms with Crippen molar-refractivity contribution < 1.29 is 26.3 Å². The van der Waals surface area contributed by atoms with E-state index in [1.54, 1.807) is 0 Å². The SMILES string of the molecule is CCS(=O)(=O)c1ccc(C#N)cc1Nn1cnc2c(Cl)cc(OC(F)(F)F)cc2c1=O. The Kier molecular flexibility index (Phi) is 5.84. The van der Waals surface area contributed by atoms with Gasteiger partial charge < -0.3 is 4.74 Å². The summed E-state index contributed by atoms with van der Waals surface area (Å²) in [4.78, 5) is 16.6. The Morgan fingerprint density at radius 3 is 2.61 bits per heavy atom. The molecule has 0 unspecified atom stereocenters. The molecule has 0 amide bonds. The van der Waals surface area contributed by atoms with Gasteiger partial charge in [0.1, 0.15) is 12.1 Å². The number of benzene rings is 2. The molecule has 0 aliphatic heterocycles. The highest BCUT2D eigenvalue weighted by molar-refractivity contribution is 7.91. The van der Waals surface area contributed by atoms with E-state index < -0.39 is 27.5 Å². The van der Waals surface area contributed by atoms with Gasteiger partial charge in [0.15, 0.2) is 9.84 Å². The van der Waals surface area contributed by atoms with E-state index in [0.29, 0.717) is 0 Å². The lowest BCUT2D eigenvalue weighted by atomic mass is 10.2. The maximum atomic E-state index is 12.8. The van der Waals surface area contributed by atoms with Crippen LogP contribution in [0.15, 0.2) is 46.3 Å². The van der Waals surface area contributed by atoms with Gasteiger partial charge >= 0.3 is 6.36 Å². The second-order valence-electron chi connectivity index (χ2n) is 6.11. The maximum Gasteiger partial charge on any atom is 0.573 e. The van der Waals surface area contributed by atoms with Gasteiger partial charge in [-0.2, -0.15) is 5.26 Å². The number of alkyl halides is 3. The first kappa shape index (κ1) is 22.4. The first-order chi connectivity index (χ1) is 14.4. The minimum absolute atomic E-state index is 0.0774. The predicted molar refractivity (Wildman–Crippen MR) is 106 cm³/mol. The molecule has 13 heteroatoms. The summed E-state index contributed by atoms with van der Waals surface area (Å²) in [7, 11) is -3.74. The second-order valence-corrected chi connectivity index (χ2v) is 8.76. The molecule has 0 saturated heterocycles. The van der Waals surface area contributed by atoms with E-state index in [4.69, 9.17) is 16.9 Å². The molecular formula is C18H12ClF3N4O4S. The molecule has 0 spiro atoms. The van der Waals surface area contributed by atoms with Gasteiger partial charge in [-0.05, 0) is 24.3 Å². The summed E-state index contributed by atoms with van der Waals surface area (Å²) in [5, 5.41) is 8.54. The van der Waals surface area contributed by atoms with Gasteiger partial charge in [-0.15, -0.1) is 13.2 Å². The number of anilines is 1. The number of ether oxygens (including phenoxy) is 1. The number of hydrogen-bond donors (Lipinski definition) is 1. The van der Waals surface area contributed by atoms with E-state index in [9.17, 15) is 26.4 Å². The fourth-order valence-corrected chi connectivity index (χ4v) is 3.97. The molecule has 1 N–H and O–H groups in total. The number of rotatable bonds is 5. The van der Waals surface area contributed by atoms with Crippen LogP contribution in [0.2, 0.25) is 5.02 Å². The Balaban J connectivity index is 2.16. The van der Waals surface area contributed by atoms with Gasteiger partial charge in [-0.1, -0.05) is 18.5 Å². The standard InChI is InChI=1S/C18H12ClF3N4O4S/c1-2-31(28,29)15-4-3-10(8-23)5-14(15)25-26-9-24-16-12(17(26)27)6-11(7-13(16)19)30-18(20,21)22/h3-7,9,25H,2H2,1H3. The van der Waals surface area contributed by atoms with Crippen LogP contribution >= 0.6 is 11.6 Å². The van der Waals surface area contributed by atoms with E-state index in [1.165, 1.54) is 25.1 Å². The molecule has 0 radical (unpaired) electrons.